The number of hydrogen-bond acceptors (Lipinski definition) is 3. The summed E-state index contributed by atoms with van der Waals surface area (Å²) >= 11 is 0. The Morgan fingerprint density at radius 3 is 2.75 bits per heavy atom. The lowest BCUT2D eigenvalue weighted by Gasteiger charge is -2.20. The number of halogens is 1. The lowest BCUT2D eigenvalue weighted by atomic mass is 10.1. The van der Waals surface area contributed by atoms with Gasteiger partial charge in [-0.1, -0.05) is 12.1 Å². The Hall–Kier alpha value is -1.26. The zero-order valence-corrected chi connectivity index (χ0v) is 12.1. The summed E-state index contributed by atoms with van der Waals surface area (Å²) in [7, 11) is 2.04. The van der Waals surface area contributed by atoms with Gasteiger partial charge in [0, 0.05) is 31.6 Å². The van der Waals surface area contributed by atoms with Crippen LogP contribution < -0.4 is 0 Å². The topological polar surface area (TPSA) is 23.6 Å². The molecule has 20 heavy (non-hydrogen) atoms. The Morgan fingerprint density at radius 2 is 2.05 bits per heavy atom. The number of likely N-dealkylation sites (N-methyl/N-ethyl adjacent to an activating group) is 1. The maximum absolute atomic E-state index is 13.1. The molecule has 0 atom stereocenters. The van der Waals surface area contributed by atoms with Gasteiger partial charge in [-0.3, -0.25) is 4.79 Å². The van der Waals surface area contributed by atoms with E-state index in [1.165, 1.54) is 38.1 Å². The number of benzene rings is 1. The summed E-state index contributed by atoms with van der Waals surface area (Å²) in [6.07, 6.45) is 3.06. The van der Waals surface area contributed by atoms with E-state index in [-0.39, 0.29) is 11.6 Å². The predicted molar refractivity (Wildman–Crippen MR) is 78.5 cm³/mol. The van der Waals surface area contributed by atoms with Crippen molar-refractivity contribution < 1.29 is 9.18 Å². The van der Waals surface area contributed by atoms with E-state index in [0.717, 1.165) is 19.6 Å². The number of likely N-dealkylation sites (tertiary alicyclic amines) is 1. The van der Waals surface area contributed by atoms with Crippen LogP contribution in [0.25, 0.3) is 0 Å². The van der Waals surface area contributed by atoms with Gasteiger partial charge in [-0.15, -0.1) is 0 Å². The van der Waals surface area contributed by atoms with Gasteiger partial charge >= 0.3 is 0 Å². The van der Waals surface area contributed by atoms with Gasteiger partial charge in [0.15, 0.2) is 5.78 Å². The molecule has 0 spiro atoms. The fourth-order valence-electron chi connectivity index (χ4n) is 2.53. The number of Topliss-reactive ketones (excluding diaryl/α,β-unsaturated/α-hetero) is 1. The standard InChI is InChI=1S/C16H23FN2O/c1-18(11-12-19-8-2-3-9-19)10-7-16(20)14-5-4-6-15(17)13-14/h4-6,13H,2-3,7-12H2,1H3. The molecule has 0 N–H and O–H groups in total. The molecule has 1 fully saturated rings. The predicted octanol–water partition coefficient (Wildman–Crippen LogP) is 2.43. The van der Waals surface area contributed by atoms with E-state index in [1.807, 2.05) is 7.05 Å². The Labute approximate surface area is 120 Å². The van der Waals surface area contributed by atoms with Crippen LogP contribution in [0.5, 0.6) is 0 Å². The molecule has 0 radical (unpaired) electrons. The summed E-state index contributed by atoms with van der Waals surface area (Å²) in [4.78, 5) is 16.6. The summed E-state index contributed by atoms with van der Waals surface area (Å²) in [5.41, 5.74) is 0.470. The monoisotopic (exact) mass is 278 g/mol. The molecule has 0 aromatic heterocycles. The van der Waals surface area contributed by atoms with E-state index in [0.29, 0.717) is 12.0 Å². The number of nitrogens with zero attached hydrogens (tertiary/aromatic N) is 2. The summed E-state index contributed by atoms with van der Waals surface area (Å²) in [6, 6.07) is 5.93. The molecule has 1 heterocycles. The smallest absolute Gasteiger partial charge is 0.164 e. The van der Waals surface area contributed by atoms with Crippen LogP contribution in [0.4, 0.5) is 4.39 Å². The number of hydrogen-bond donors (Lipinski definition) is 0. The SMILES string of the molecule is CN(CCC(=O)c1cccc(F)c1)CCN1CCCC1. The molecule has 1 aliphatic heterocycles. The number of carbonyl (C=O) groups excluding carboxylic acids is 1. The van der Waals surface area contributed by atoms with Crippen LogP contribution in [-0.4, -0.2) is 55.4 Å². The van der Waals surface area contributed by atoms with Crippen molar-refractivity contribution in [1.29, 1.82) is 0 Å². The average molecular weight is 278 g/mol. The third-order valence-corrected chi connectivity index (χ3v) is 3.86. The molecule has 1 saturated heterocycles. The molecule has 110 valence electrons. The van der Waals surface area contributed by atoms with Gasteiger partial charge in [0.05, 0.1) is 0 Å². The Morgan fingerprint density at radius 1 is 1.30 bits per heavy atom. The first kappa shape index (κ1) is 15.1. The van der Waals surface area contributed by atoms with Crippen molar-refractivity contribution >= 4 is 5.78 Å². The molecular weight excluding hydrogens is 255 g/mol. The molecule has 0 amide bonds. The maximum atomic E-state index is 13.1. The zero-order chi connectivity index (χ0) is 14.4. The van der Waals surface area contributed by atoms with E-state index in [2.05, 4.69) is 9.80 Å². The largest absolute Gasteiger partial charge is 0.305 e. The summed E-state index contributed by atoms with van der Waals surface area (Å²) in [5, 5.41) is 0. The highest BCUT2D eigenvalue weighted by atomic mass is 19.1. The molecular formula is C16H23FN2O. The molecule has 1 aromatic carbocycles. The second kappa shape index (κ2) is 7.50. The van der Waals surface area contributed by atoms with Crippen molar-refractivity contribution in [3.63, 3.8) is 0 Å². The molecule has 1 aromatic rings. The fourth-order valence-corrected chi connectivity index (χ4v) is 2.53. The minimum Gasteiger partial charge on any atom is -0.305 e. The average Bonchev–Trinajstić information content (AvgIpc) is 2.95. The van der Waals surface area contributed by atoms with Gasteiger partial charge in [-0.05, 0) is 45.1 Å². The van der Waals surface area contributed by atoms with Crippen LogP contribution in [-0.2, 0) is 0 Å². The first-order chi connectivity index (χ1) is 9.65. The fraction of sp³-hybridized carbons (Fsp3) is 0.562. The zero-order valence-electron chi connectivity index (χ0n) is 12.1. The van der Waals surface area contributed by atoms with E-state index >= 15 is 0 Å². The molecule has 1 aliphatic rings. The normalized spacial score (nSPS) is 15.9. The van der Waals surface area contributed by atoms with Gasteiger partial charge in [-0.25, -0.2) is 4.39 Å². The molecule has 2 rings (SSSR count). The number of carbonyl (C=O) groups is 1. The van der Waals surface area contributed by atoms with Crippen LogP contribution in [0, 0.1) is 5.82 Å². The first-order valence-corrected chi connectivity index (χ1v) is 7.35. The van der Waals surface area contributed by atoms with Gasteiger partial charge in [0.2, 0.25) is 0 Å². The van der Waals surface area contributed by atoms with Crippen molar-refractivity contribution in [1.82, 2.24) is 9.80 Å². The van der Waals surface area contributed by atoms with Crippen molar-refractivity contribution in [2.24, 2.45) is 0 Å². The number of rotatable bonds is 7. The van der Waals surface area contributed by atoms with Crippen LogP contribution in [0.2, 0.25) is 0 Å². The van der Waals surface area contributed by atoms with Crippen molar-refractivity contribution in [2.75, 3.05) is 39.8 Å². The third kappa shape index (κ3) is 4.69. The van der Waals surface area contributed by atoms with Crippen molar-refractivity contribution in [3.05, 3.63) is 35.6 Å². The van der Waals surface area contributed by atoms with Crippen LogP contribution in [0.3, 0.4) is 0 Å². The van der Waals surface area contributed by atoms with Crippen LogP contribution >= 0.6 is 0 Å². The minimum atomic E-state index is -0.349. The van der Waals surface area contributed by atoms with E-state index in [1.54, 1.807) is 12.1 Å². The van der Waals surface area contributed by atoms with Crippen molar-refractivity contribution in [3.8, 4) is 0 Å². The molecule has 0 bridgehead atoms. The second-order valence-electron chi connectivity index (χ2n) is 5.54. The maximum Gasteiger partial charge on any atom is 0.164 e. The quantitative estimate of drug-likeness (QED) is 0.716. The van der Waals surface area contributed by atoms with Gasteiger partial charge < -0.3 is 9.80 Å². The van der Waals surface area contributed by atoms with E-state index in [9.17, 15) is 9.18 Å². The summed E-state index contributed by atoms with van der Waals surface area (Å²) < 4.78 is 13.1. The highest BCUT2D eigenvalue weighted by molar-refractivity contribution is 5.96. The Balaban J connectivity index is 1.69. The molecule has 0 saturated carbocycles. The second-order valence-corrected chi connectivity index (χ2v) is 5.54. The van der Waals surface area contributed by atoms with Gasteiger partial charge in [0.1, 0.15) is 5.82 Å². The Kier molecular flexibility index (Phi) is 5.68. The van der Waals surface area contributed by atoms with Gasteiger partial charge in [0.25, 0.3) is 0 Å². The molecule has 0 unspecified atom stereocenters. The highest BCUT2D eigenvalue weighted by Crippen LogP contribution is 2.08. The first-order valence-electron chi connectivity index (χ1n) is 7.35. The summed E-state index contributed by atoms with van der Waals surface area (Å²) in [6.45, 7) is 5.19. The molecule has 3 nitrogen and oxygen atoms in total. The number of ketones is 1. The molecule has 4 heteroatoms. The molecule has 0 aliphatic carbocycles. The highest BCUT2D eigenvalue weighted by Gasteiger charge is 2.12. The van der Waals surface area contributed by atoms with Gasteiger partial charge in [-0.2, -0.15) is 0 Å². The lowest BCUT2D eigenvalue weighted by Crippen LogP contribution is -2.32. The minimum absolute atomic E-state index is 0.0116. The summed E-state index contributed by atoms with van der Waals surface area (Å²) in [5.74, 6) is -0.337. The van der Waals surface area contributed by atoms with E-state index < -0.39 is 0 Å². The van der Waals surface area contributed by atoms with E-state index in [4.69, 9.17) is 0 Å². The Bertz CT molecular complexity index is 444. The van der Waals surface area contributed by atoms with Crippen molar-refractivity contribution in [2.45, 2.75) is 19.3 Å². The lowest BCUT2D eigenvalue weighted by molar-refractivity contribution is 0.0967. The third-order valence-electron chi connectivity index (χ3n) is 3.86. The van der Waals surface area contributed by atoms with Crippen LogP contribution in [0.15, 0.2) is 24.3 Å². The van der Waals surface area contributed by atoms with Crippen LogP contribution in [0.1, 0.15) is 29.6 Å².